The number of aromatic hydroxyl groups is 1. The molecule has 1 aromatic rings. The zero-order chi connectivity index (χ0) is 15.5. The Labute approximate surface area is 133 Å². The predicted octanol–water partition coefficient (Wildman–Crippen LogP) is 2.81. The van der Waals surface area contributed by atoms with Crippen LogP contribution in [-0.4, -0.2) is 36.2 Å². The van der Waals surface area contributed by atoms with Gasteiger partial charge in [0.25, 0.3) is 0 Å². The van der Waals surface area contributed by atoms with E-state index in [2.05, 4.69) is 23.2 Å². The first-order valence-electron chi connectivity index (χ1n) is 8.71. The summed E-state index contributed by atoms with van der Waals surface area (Å²) in [5, 5.41) is 14.1. The highest BCUT2D eigenvalue weighted by molar-refractivity contribution is 5.59. The first kappa shape index (κ1) is 15.6. The molecule has 1 aliphatic carbocycles. The highest BCUT2D eigenvalue weighted by atomic mass is 16.3. The van der Waals surface area contributed by atoms with Gasteiger partial charge in [-0.1, -0.05) is 25.3 Å². The molecule has 122 valence electrons. The molecule has 1 saturated heterocycles. The molecule has 2 fully saturated rings. The lowest BCUT2D eigenvalue weighted by atomic mass is 9.78. The molecule has 0 spiro atoms. The number of nitrogens with zero attached hydrogens (tertiary/aromatic N) is 1. The van der Waals surface area contributed by atoms with Gasteiger partial charge in [0.15, 0.2) is 0 Å². The maximum Gasteiger partial charge on any atom is 0.143 e. The van der Waals surface area contributed by atoms with E-state index in [1.807, 2.05) is 6.07 Å². The minimum Gasteiger partial charge on any atom is -0.505 e. The Morgan fingerprint density at radius 1 is 1.18 bits per heavy atom. The number of benzene rings is 1. The van der Waals surface area contributed by atoms with E-state index in [0.29, 0.717) is 23.4 Å². The van der Waals surface area contributed by atoms with E-state index in [4.69, 9.17) is 5.73 Å². The molecule has 1 atom stereocenters. The monoisotopic (exact) mass is 303 g/mol. The van der Waals surface area contributed by atoms with Crippen molar-refractivity contribution in [2.75, 3.05) is 31.9 Å². The van der Waals surface area contributed by atoms with E-state index < -0.39 is 0 Å². The van der Waals surface area contributed by atoms with Crippen LogP contribution in [-0.2, 0) is 0 Å². The number of nitrogens with one attached hydrogen (secondary N) is 1. The summed E-state index contributed by atoms with van der Waals surface area (Å²) < 4.78 is 0. The zero-order valence-electron chi connectivity index (χ0n) is 13.6. The molecule has 1 aliphatic heterocycles. The average molecular weight is 303 g/mol. The predicted molar refractivity (Wildman–Crippen MR) is 91.0 cm³/mol. The van der Waals surface area contributed by atoms with E-state index in [1.165, 1.54) is 37.7 Å². The number of rotatable bonds is 3. The van der Waals surface area contributed by atoms with Gasteiger partial charge in [-0.3, -0.25) is 4.90 Å². The summed E-state index contributed by atoms with van der Waals surface area (Å²) in [6.07, 6.45) is 6.52. The lowest BCUT2D eigenvalue weighted by Gasteiger charge is -2.42. The Bertz CT molecular complexity index is 487. The number of nitrogen functional groups attached to an aromatic ring is 1. The largest absolute Gasteiger partial charge is 0.505 e. The first-order valence-corrected chi connectivity index (χ1v) is 8.71. The molecule has 4 nitrogen and oxygen atoms in total. The number of phenols is 1. The number of piperazine rings is 1. The van der Waals surface area contributed by atoms with Crippen molar-refractivity contribution in [2.24, 2.45) is 5.92 Å². The van der Waals surface area contributed by atoms with Crippen LogP contribution >= 0.6 is 0 Å². The van der Waals surface area contributed by atoms with Crippen LogP contribution in [0.4, 0.5) is 5.69 Å². The van der Waals surface area contributed by atoms with E-state index >= 15 is 0 Å². The molecule has 0 amide bonds. The molecule has 0 unspecified atom stereocenters. The highest BCUT2D eigenvalue weighted by Gasteiger charge is 2.33. The Balaban J connectivity index is 1.98. The molecular formula is C18H29N3O. The third-order valence-electron chi connectivity index (χ3n) is 5.40. The minimum atomic E-state index is 0.311. The molecule has 4 heteroatoms. The molecule has 3 rings (SSSR count). The van der Waals surface area contributed by atoms with Gasteiger partial charge in [-0.2, -0.15) is 0 Å². The quantitative estimate of drug-likeness (QED) is 0.593. The summed E-state index contributed by atoms with van der Waals surface area (Å²) in [5.41, 5.74) is 8.76. The summed E-state index contributed by atoms with van der Waals surface area (Å²) in [4.78, 5) is 2.56. The summed E-state index contributed by atoms with van der Waals surface area (Å²) in [7, 11) is 0. The SMILES string of the molecule is Cc1ccc(N)c(O)c1[C@@H](C1CCCCC1)N1CCNCC1. The van der Waals surface area contributed by atoms with Crippen LogP contribution < -0.4 is 11.1 Å². The zero-order valence-corrected chi connectivity index (χ0v) is 13.6. The number of aryl methyl sites for hydroxylation is 1. The van der Waals surface area contributed by atoms with Crippen molar-refractivity contribution in [3.8, 4) is 5.75 Å². The van der Waals surface area contributed by atoms with Crippen molar-refractivity contribution in [3.05, 3.63) is 23.3 Å². The number of hydrogen-bond donors (Lipinski definition) is 3. The molecule has 1 heterocycles. The molecule has 2 aliphatic rings. The van der Waals surface area contributed by atoms with Gasteiger partial charge < -0.3 is 16.2 Å². The van der Waals surface area contributed by atoms with Gasteiger partial charge in [0.05, 0.1) is 5.69 Å². The fourth-order valence-electron chi connectivity index (χ4n) is 4.23. The van der Waals surface area contributed by atoms with Crippen molar-refractivity contribution in [3.63, 3.8) is 0 Å². The fraction of sp³-hybridized carbons (Fsp3) is 0.667. The molecule has 1 aromatic carbocycles. The Morgan fingerprint density at radius 2 is 1.86 bits per heavy atom. The highest BCUT2D eigenvalue weighted by Crippen LogP contribution is 2.44. The van der Waals surface area contributed by atoms with Gasteiger partial charge in [0.2, 0.25) is 0 Å². The van der Waals surface area contributed by atoms with Crippen LogP contribution in [0.1, 0.15) is 49.3 Å². The van der Waals surface area contributed by atoms with Gasteiger partial charge in [-0.05, 0) is 37.3 Å². The van der Waals surface area contributed by atoms with E-state index in [1.54, 1.807) is 0 Å². The van der Waals surface area contributed by atoms with Crippen molar-refractivity contribution >= 4 is 5.69 Å². The van der Waals surface area contributed by atoms with E-state index in [-0.39, 0.29) is 0 Å². The Kier molecular flexibility index (Phi) is 4.89. The minimum absolute atomic E-state index is 0.311. The van der Waals surface area contributed by atoms with Crippen LogP contribution in [0.3, 0.4) is 0 Å². The molecule has 0 aromatic heterocycles. The van der Waals surface area contributed by atoms with Gasteiger partial charge in [-0.25, -0.2) is 0 Å². The maximum absolute atomic E-state index is 10.6. The van der Waals surface area contributed by atoms with Crippen molar-refractivity contribution in [1.29, 1.82) is 0 Å². The lowest BCUT2D eigenvalue weighted by Crippen LogP contribution is -2.47. The Hall–Kier alpha value is -1.26. The second-order valence-electron chi connectivity index (χ2n) is 6.86. The number of hydrogen-bond acceptors (Lipinski definition) is 4. The van der Waals surface area contributed by atoms with Gasteiger partial charge in [-0.15, -0.1) is 0 Å². The number of phenolic OH excluding ortho intramolecular Hbond substituents is 1. The summed E-state index contributed by atoms with van der Waals surface area (Å²) in [6.45, 7) is 6.27. The third-order valence-corrected chi connectivity index (χ3v) is 5.40. The van der Waals surface area contributed by atoms with Crippen LogP contribution in [0.5, 0.6) is 5.75 Å². The smallest absolute Gasteiger partial charge is 0.143 e. The fourth-order valence-corrected chi connectivity index (χ4v) is 4.23. The topological polar surface area (TPSA) is 61.5 Å². The number of nitrogens with two attached hydrogens (primary N) is 1. The lowest BCUT2D eigenvalue weighted by molar-refractivity contribution is 0.101. The number of anilines is 1. The molecule has 22 heavy (non-hydrogen) atoms. The molecule has 1 saturated carbocycles. The van der Waals surface area contributed by atoms with Crippen LogP contribution in [0, 0.1) is 12.8 Å². The van der Waals surface area contributed by atoms with E-state index in [0.717, 1.165) is 31.7 Å². The summed E-state index contributed by atoms with van der Waals surface area (Å²) in [5.74, 6) is 0.951. The second-order valence-corrected chi connectivity index (χ2v) is 6.86. The van der Waals surface area contributed by atoms with Crippen LogP contribution in [0.15, 0.2) is 12.1 Å². The van der Waals surface area contributed by atoms with Crippen molar-refractivity contribution in [1.82, 2.24) is 10.2 Å². The maximum atomic E-state index is 10.6. The molecule has 4 N–H and O–H groups in total. The second kappa shape index (κ2) is 6.88. The molecular weight excluding hydrogens is 274 g/mol. The van der Waals surface area contributed by atoms with Gasteiger partial charge in [0.1, 0.15) is 5.75 Å². The average Bonchev–Trinajstić information content (AvgIpc) is 2.57. The molecule has 0 bridgehead atoms. The van der Waals surface area contributed by atoms with E-state index in [9.17, 15) is 5.11 Å². The van der Waals surface area contributed by atoms with Crippen LogP contribution in [0.25, 0.3) is 0 Å². The first-order chi connectivity index (χ1) is 10.7. The van der Waals surface area contributed by atoms with Gasteiger partial charge >= 0.3 is 0 Å². The standard InChI is InChI=1S/C18H29N3O/c1-13-7-8-15(19)18(22)16(13)17(14-5-3-2-4-6-14)21-11-9-20-10-12-21/h7-8,14,17,20,22H,2-6,9-12,19H2,1H3/t17-/m1/s1. The molecule has 0 radical (unpaired) electrons. The van der Waals surface area contributed by atoms with Crippen molar-refractivity contribution < 1.29 is 5.11 Å². The van der Waals surface area contributed by atoms with Crippen molar-refractivity contribution in [2.45, 2.75) is 45.1 Å². The third kappa shape index (κ3) is 3.08. The normalized spacial score (nSPS) is 22.6. The van der Waals surface area contributed by atoms with Gasteiger partial charge in [0, 0.05) is 37.8 Å². The van der Waals surface area contributed by atoms with Crippen LogP contribution in [0.2, 0.25) is 0 Å². The Morgan fingerprint density at radius 3 is 2.55 bits per heavy atom. The summed E-state index contributed by atoms with van der Waals surface area (Å²) in [6, 6.07) is 4.19. The summed E-state index contributed by atoms with van der Waals surface area (Å²) >= 11 is 0.